The summed E-state index contributed by atoms with van der Waals surface area (Å²) in [5.41, 5.74) is 1.07. The molecule has 1 atom stereocenters. The zero-order valence-electron chi connectivity index (χ0n) is 14.8. The third kappa shape index (κ3) is 6.00. The van der Waals surface area contributed by atoms with Crippen LogP contribution in [0.3, 0.4) is 0 Å². The lowest BCUT2D eigenvalue weighted by Gasteiger charge is -2.25. The maximum absolute atomic E-state index is 10.7. The van der Waals surface area contributed by atoms with Crippen molar-refractivity contribution in [2.75, 3.05) is 13.2 Å². The molecule has 0 heterocycles. The molecule has 1 aromatic carbocycles. The minimum atomic E-state index is -0.749. The van der Waals surface area contributed by atoms with Crippen LogP contribution in [-0.2, 0) is 4.84 Å². The van der Waals surface area contributed by atoms with E-state index in [1.807, 2.05) is 39.0 Å². The Balaban J connectivity index is 1.98. The van der Waals surface area contributed by atoms with E-state index in [0.717, 1.165) is 5.75 Å². The van der Waals surface area contributed by atoms with Gasteiger partial charge in [-0.1, -0.05) is 31.0 Å². The number of hydrogen-bond acceptors (Lipinski definition) is 5. The van der Waals surface area contributed by atoms with Crippen molar-refractivity contribution >= 4 is 0 Å². The van der Waals surface area contributed by atoms with Crippen molar-refractivity contribution in [3.8, 4) is 5.75 Å². The van der Waals surface area contributed by atoms with Crippen LogP contribution >= 0.6 is 0 Å². The molecule has 134 valence electrons. The fourth-order valence-electron chi connectivity index (χ4n) is 3.04. The monoisotopic (exact) mass is 336 g/mol. The molecule has 1 fully saturated rings. The first kappa shape index (κ1) is 18.5. The van der Waals surface area contributed by atoms with Crippen LogP contribution in [0.15, 0.2) is 24.3 Å². The zero-order chi connectivity index (χ0) is 17.6. The standard InChI is InChI=1S/C18H28N2O4/c1-18(2,3)19-12-15(24-20(21)22)13-23-17-11-7-6-10-16(17)14-8-4-5-9-14/h6-7,10-11,14-15,19H,4-5,8-9,12-13H2,1-3H3/t15-/m1/s1. The summed E-state index contributed by atoms with van der Waals surface area (Å²) in [6, 6.07) is 7.99. The summed E-state index contributed by atoms with van der Waals surface area (Å²) in [5.74, 6) is 1.35. The predicted molar refractivity (Wildman–Crippen MR) is 92.8 cm³/mol. The van der Waals surface area contributed by atoms with E-state index in [1.165, 1.54) is 31.2 Å². The highest BCUT2D eigenvalue weighted by Crippen LogP contribution is 2.38. The number of nitrogens with zero attached hydrogens (tertiary/aromatic N) is 1. The molecule has 0 spiro atoms. The maximum atomic E-state index is 10.7. The molecular weight excluding hydrogens is 308 g/mol. The van der Waals surface area contributed by atoms with Gasteiger partial charge in [0.1, 0.15) is 12.4 Å². The summed E-state index contributed by atoms with van der Waals surface area (Å²) in [6.07, 6.45) is 4.22. The van der Waals surface area contributed by atoms with Gasteiger partial charge in [0.2, 0.25) is 0 Å². The van der Waals surface area contributed by atoms with Crippen molar-refractivity contribution < 1.29 is 14.7 Å². The van der Waals surface area contributed by atoms with Gasteiger partial charge < -0.3 is 14.9 Å². The van der Waals surface area contributed by atoms with E-state index in [4.69, 9.17) is 9.57 Å². The van der Waals surface area contributed by atoms with Gasteiger partial charge in [0.05, 0.1) is 0 Å². The first-order valence-corrected chi connectivity index (χ1v) is 8.63. The molecule has 0 amide bonds. The SMILES string of the molecule is CC(C)(C)NC[C@H](COc1ccccc1C1CCCC1)O[N+](=O)[O-]. The molecule has 0 bridgehead atoms. The first-order chi connectivity index (χ1) is 11.3. The smallest absolute Gasteiger partial charge is 0.294 e. The summed E-state index contributed by atoms with van der Waals surface area (Å²) >= 11 is 0. The normalized spacial score (nSPS) is 16.8. The number of nitrogens with one attached hydrogen (secondary N) is 1. The molecular formula is C18H28N2O4. The Labute approximate surface area is 143 Å². The van der Waals surface area contributed by atoms with Crippen molar-refractivity contribution in [2.24, 2.45) is 0 Å². The molecule has 24 heavy (non-hydrogen) atoms. The minimum absolute atomic E-state index is 0.139. The molecule has 2 rings (SSSR count). The average molecular weight is 336 g/mol. The Morgan fingerprint density at radius 3 is 2.58 bits per heavy atom. The third-order valence-electron chi connectivity index (χ3n) is 4.23. The van der Waals surface area contributed by atoms with E-state index < -0.39 is 11.2 Å². The molecule has 1 N–H and O–H groups in total. The Morgan fingerprint density at radius 1 is 1.29 bits per heavy atom. The number of rotatable bonds is 8. The van der Waals surface area contributed by atoms with E-state index in [2.05, 4.69) is 11.4 Å². The average Bonchev–Trinajstić information content (AvgIpc) is 3.03. The van der Waals surface area contributed by atoms with Gasteiger partial charge in [0, 0.05) is 12.1 Å². The lowest BCUT2D eigenvalue weighted by molar-refractivity contribution is -0.768. The van der Waals surface area contributed by atoms with Crippen LogP contribution in [0.5, 0.6) is 5.75 Å². The lowest BCUT2D eigenvalue weighted by Crippen LogP contribution is -2.44. The third-order valence-corrected chi connectivity index (χ3v) is 4.23. The van der Waals surface area contributed by atoms with Crippen LogP contribution in [0.25, 0.3) is 0 Å². The molecule has 0 aromatic heterocycles. The van der Waals surface area contributed by atoms with Crippen LogP contribution in [0.1, 0.15) is 57.9 Å². The number of para-hydroxylation sites is 1. The summed E-state index contributed by atoms with van der Waals surface area (Å²) in [6.45, 7) is 6.52. The van der Waals surface area contributed by atoms with Gasteiger partial charge >= 0.3 is 0 Å². The molecule has 1 aliphatic carbocycles. The fraction of sp³-hybridized carbons (Fsp3) is 0.667. The van der Waals surface area contributed by atoms with Crippen molar-refractivity contribution in [3.05, 3.63) is 39.9 Å². The molecule has 0 aliphatic heterocycles. The van der Waals surface area contributed by atoms with Gasteiger partial charge in [0.25, 0.3) is 5.09 Å². The van der Waals surface area contributed by atoms with Crippen molar-refractivity contribution in [1.29, 1.82) is 0 Å². The van der Waals surface area contributed by atoms with E-state index in [1.54, 1.807) is 0 Å². The largest absolute Gasteiger partial charge is 0.491 e. The Bertz CT molecular complexity index is 536. The number of hydrogen-bond donors (Lipinski definition) is 1. The highest BCUT2D eigenvalue weighted by atomic mass is 17.0. The van der Waals surface area contributed by atoms with Crippen LogP contribution in [0.4, 0.5) is 0 Å². The molecule has 0 unspecified atom stereocenters. The molecule has 1 aromatic rings. The van der Waals surface area contributed by atoms with E-state index in [0.29, 0.717) is 12.5 Å². The molecule has 1 aliphatic rings. The van der Waals surface area contributed by atoms with Crippen LogP contribution in [0, 0.1) is 10.1 Å². The number of ether oxygens (including phenoxy) is 1. The van der Waals surface area contributed by atoms with Crippen molar-refractivity contribution in [2.45, 2.75) is 64.0 Å². The van der Waals surface area contributed by atoms with Crippen LogP contribution in [-0.4, -0.2) is 29.9 Å². The molecule has 6 nitrogen and oxygen atoms in total. The maximum Gasteiger partial charge on any atom is 0.294 e. The Morgan fingerprint density at radius 2 is 1.96 bits per heavy atom. The van der Waals surface area contributed by atoms with Crippen LogP contribution < -0.4 is 10.1 Å². The Hall–Kier alpha value is -1.82. The number of benzene rings is 1. The topological polar surface area (TPSA) is 73.6 Å². The van der Waals surface area contributed by atoms with Crippen LogP contribution in [0.2, 0.25) is 0 Å². The van der Waals surface area contributed by atoms with Gasteiger partial charge in [-0.3, -0.25) is 0 Å². The first-order valence-electron chi connectivity index (χ1n) is 8.63. The second-order valence-corrected chi connectivity index (χ2v) is 7.41. The summed E-state index contributed by atoms with van der Waals surface area (Å²) < 4.78 is 5.91. The van der Waals surface area contributed by atoms with Gasteiger partial charge in [-0.15, -0.1) is 10.1 Å². The van der Waals surface area contributed by atoms with Gasteiger partial charge in [-0.05, 0) is 51.2 Å². The Kier molecular flexibility index (Phi) is 6.43. The van der Waals surface area contributed by atoms with E-state index in [-0.39, 0.29) is 12.1 Å². The molecule has 6 heteroatoms. The van der Waals surface area contributed by atoms with Crippen molar-refractivity contribution in [3.63, 3.8) is 0 Å². The molecule has 1 saturated carbocycles. The van der Waals surface area contributed by atoms with Gasteiger partial charge in [-0.2, -0.15) is 0 Å². The second-order valence-electron chi connectivity index (χ2n) is 7.41. The molecule has 0 radical (unpaired) electrons. The van der Waals surface area contributed by atoms with Gasteiger partial charge in [-0.25, -0.2) is 0 Å². The zero-order valence-corrected chi connectivity index (χ0v) is 14.8. The van der Waals surface area contributed by atoms with Crippen molar-refractivity contribution in [1.82, 2.24) is 5.32 Å². The molecule has 0 saturated heterocycles. The quantitative estimate of drug-likeness (QED) is 0.579. The van der Waals surface area contributed by atoms with E-state index in [9.17, 15) is 10.1 Å². The summed E-state index contributed by atoms with van der Waals surface area (Å²) in [4.78, 5) is 15.5. The lowest BCUT2D eigenvalue weighted by atomic mass is 9.97. The fourth-order valence-corrected chi connectivity index (χ4v) is 3.04. The summed E-state index contributed by atoms with van der Waals surface area (Å²) in [7, 11) is 0. The summed E-state index contributed by atoms with van der Waals surface area (Å²) in [5, 5.41) is 13.2. The predicted octanol–water partition coefficient (Wildman–Crippen LogP) is 3.69. The van der Waals surface area contributed by atoms with E-state index >= 15 is 0 Å². The highest BCUT2D eigenvalue weighted by Gasteiger charge is 2.22. The van der Waals surface area contributed by atoms with Gasteiger partial charge in [0.15, 0.2) is 6.10 Å². The minimum Gasteiger partial charge on any atom is -0.491 e. The second kappa shape index (κ2) is 8.33. The highest BCUT2D eigenvalue weighted by molar-refractivity contribution is 5.36.